The van der Waals surface area contributed by atoms with Gasteiger partial charge in [-0.25, -0.2) is 0 Å². The van der Waals surface area contributed by atoms with Crippen LogP contribution in [0.2, 0.25) is 0 Å². The third kappa shape index (κ3) is 6.16. The Kier molecular flexibility index (Phi) is 8.43. The maximum atomic E-state index is 2.38. The summed E-state index contributed by atoms with van der Waals surface area (Å²) in [5, 5.41) is 2.64. The molecule has 0 bridgehead atoms. The van der Waals surface area contributed by atoms with Gasteiger partial charge in [-0.3, -0.25) is 0 Å². The summed E-state index contributed by atoms with van der Waals surface area (Å²) < 4.78 is 2.66. The molecule has 0 saturated heterocycles. The monoisotopic (exact) mass is 771 g/mol. The van der Waals surface area contributed by atoms with Crippen LogP contribution in [0.15, 0.2) is 212 Å². The van der Waals surface area contributed by atoms with E-state index >= 15 is 0 Å². The van der Waals surface area contributed by atoms with Crippen molar-refractivity contribution in [2.24, 2.45) is 0 Å². The third-order valence-corrected chi connectivity index (χ3v) is 13.5. The molecule has 0 radical (unpaired) electrons. The molecule has 0 spiro atoms. The minimum absolute atomic E-state index is 0.0137. The highest BCUT2D eigenvalue weighted by Gasteiger charge is 2.35. The molecule has 1 nitrogen and oxygen atoms in total. The van der Waals surface area contributed by atoms with Crippen molar-refractivity contribution >= 4 is 48.6 Å². The lowest BCUT2D eigenvalue weighted by Crippen LogP contribution is -2.14. The highest BCUT2D eigenvalue weighted by molar-refractivity contribution is 7.25. The van der Waals surface area contributed by atoms with Gasteiger partial charge in [0.1, 0.15) is 0 Å². The summed E-state index contributed by atoms with van der Waals surface area (Å²) >= 11 is 1.86. The number of rotatable bonds is 7. The highest BCUT2D eigenvalue weighted by Crippen LogP contribution is 2.49. The van der Waals surface area contributed by atoms with Crippen LogP contribution in [0.4, 0.5) is 17.1 Å². The number of benzene rings is 9. The molecule has 280 valence electrons. The van der Waals surface area contributed by atoms with Gasteiger partial charge >= 0.3 is 0 Å². The van der Waals surface area contributed by atoms with Gasteiger partial charge in [-0.1, -0.05) is 166 Å². The zero-order valence-corrected chi connectivity index (χ0v) is 33.9. The van der Waals surface area contributed by atoms with Gasteiger partial charge < -0.3 is 4.90 Å². The highest BCUT2D eigenvalue weighted by atomic mass is 32.1. The number of hydrogen-bond donors (Lipinski definition) is 0. The van der Waals surface area contributed by atoms with E-state index in [0.29, 0.717) is 0 Å². The SMILES string of the molecule is CC1(C)c2ccccc2-c2cc(-c3ccc(-c4ccc(N(c5ccc(-c6ccc7sc8ccccc8c7c6)cc5)c5cccc(-c6ccccc6)c5)cc4)cc3)ccc21. The minimum atomic E-state index is 0.0137. The molecule has 0 atom stereocenters. The minimum Gasteiger partial charge on any atom is -0.310 e. The van der Waals surface area contributed by atoms with Gasteiger partial charge in [-0.05, 0) is 127 Å². The average molecular weight is 772 g/mol. The molecule has 1 heterocycles. The summed E-state index contributed by atoms with van der Waals surface area (Å²) in [6, 6.07) is 78.0. The van der Waals surface area contributed by atoms with Crippen LogP contribution in [0.25, 0.3) is 75.8 Å². The zero-order chi connectivity index (χ0) is 39.5. The summed E-state index contributed by atoms with van der Waals surface area (Å²) in [5.41, 5.74) is 18.6. The third-order valence-electron chi connectivity index (χ3n) is 12.3. The van der Waals surface area contributed by atoms with Crippen LogP contribution in [0.3, 0.4) is 0 Å². The topological polar surface area (TPSA) is 3.24 Å². The van der Waals surface area contributed by atoms with Crippen LogP contribution in [-0.4, -0.2) is 0 Å². The first-order chi connectivity index (χ1) is 29.0. The normalized spacial score (nSPS) is 12.7. The number of nitrogens with zero attached hydrogens (tertiary/aromatic N) is 1. The van der Waals surface area contributed by atoms with E-state index in [4.69, 9.17) is 0 Å². The molecule has 1 aliphatic carbocycles. The Morgan fingerprint density at radius 1 is 0.322 bits per heavy atom. The standard InChI is InChI=1S/C57H41NS/c1-57(2)53-17-8-6-15-49(53)51-36-44(27-33-54(51)57)41-21-19-39(20-22-41)40-23-29-46(30-24-40)58(48-14-10-13-43(35-48)38-11-4-3-5-12-38)47-31-25-42(26-32-47)45-28-34-56-52(37-45)50-16-7-9-18-55(50)59-56/h3-37H,1-2H3. The Balaban J connectivity index is 0.918. The maximum absolute atomic E-state index is 2.38. The van der Waals surface area contributed by atoms with Gasteiger partial charge in [-0.15, -0.1) is 11.3 Å². The first-order valence-electron chi connectivity index (χ1n) is 20.4. The Morgan fingerprint density at radius 3 is 1.54 bits per heavy atom. The van der Waals surface area contributed by atoms with Gasteiger partial charge in [-0.2, -0.15) is 0 Å². The molecular formula is C57H41NS. The van der Waals surface area contributed by atoms with Gasteiger partial charge in [0.15, 0.2) is 0 Å². The maximum Gasteiger partial charge on any atom is 0.0467 e. The summed E-state index contributed by atoms with van der Waals surface area (Å²) in [6.07, 6.45) is 0. The van der Waals surface area contributed by atoms with Crippen LogP contribution < -0.4 is 4.90 Å². The van der Waals surface area contributed by atoms with Crippen molar-refractivity contribution < 1.29 is 0 Å². The molecule has 0 amide bonds. The smallest absolute Gasteiger partial charge is 0.0467 e. The van der Waals surface area contributed by atoms with E-state index in [9.17, 15) is 0 Å². The second kappa shape index (κ2) is 14.1. The van der Waals surface area contributed by atoms with E-state index in [-0.39, 0.29) is 5.41 Å². The van der Waals surface area contributed by atoms with Crippen LogP contribution in [0.5, 0.6) is 0 Å². The van der Waals surface area contributed by atoms with E-state index in [2.05, 4.69) is 231 Å². The molecule has 10 aromatic rings. The van der Waals surface area contributed by atoms with Crippen molar-refractivity contribution in [3.8, 4) is 55.6 Å². The molecule has 0 aliphatic heterocycles. The van der Waals surface area contributed by atoms with Gasteiger partial charge in [0.05, 0.1) is 0 Å². The van der Waals surface area contributed by atoms with E-state index in [0.717, 1.165) is 17.1 Å². The number of anilines is 3. The van der Waals surface area contributed by atoms with Crippen LogP contribution in [0.1, 0.15) is 25.0 Å². The number of thiophene rings is 1. The Bertz CT molecular complexity index is 3150. The van der Waals surface area contributed by atoms with Crippen molar-refractivity contribution in [2.75, 3.05) is 4.90 Å². The van der Waals surface area contributed by atoms with Crippen LogP contribution >= 0.6 is 11.3 Å². The quantitative estimate of drug-likeness (QED) is 0.156. The van der Waals surface area contributed by atoms with Gasteiger partial charge in [0, 0.05) is 42.6 Å². The summed E-state index contributed by atoms with van der Waals surface area (Å²) in [4.78, 5) is 2.37. The Labute approximate surface area is 350 Å². The van der Waals surface area contributed by atoms with Crippen molar-refractivity contribution in [3.05, 3.63) is 223 Å². The van der Waals surface area contributed by atoms with Crippen molar-refractivity contribution in [2.45, 2.75) is 19.3 Å². The molecule has 0 unspecified atom stereocenters. The lowest BCUT2D eigenvalue weighted by molar-refractivity contribution is 0.660. The van der Waals surface area contributed by atoms with Crippen molar-refractivity contribution in [1.29, 1.82) is 0 Å². The van der Waals surface area contributed by atoms with Crippen molar-refractivity contribution in [1.82, 2.24) is 0 Å². The second-order valence-corrected chi connectivity index (χ2v) is 17.2. The first kappa shape index (κ1) is 35.2. The fourth-order valence-electron chi connectivity index (χ4n) is 9.17. The molecular weight excluding hydrogens is 731 g/mol. The first-order valence-corrected chi connectivity index (χ1v) is 21.2. The molecule has 59 heavy (non-hydrogen) atoms. The molecule has 0 saturated carbocycles. The molecule has 1 aliphatic rings. The zero-order valence-electron chi connectivity index (χ0n) is 33.1. The molecule has 2 heteroatoms. The van der Waals surface area contributed by atoms with E-state index in [1.165, 1.54) is 86.9 Å². The van der Waals surface area contributed by atoms with E-state index < -0.39 is 0 Å². The van der Waals surface area contributed by atoms with Gasteiger partial charge in [0.2, 0.25) is 0 Å². The fraction of sp³-hybridized carbons (Fsp3) is 0.0526. The predicted molar refractivity (Wildman–Crippen MR) is 253 cm³/mol. The summed E-state index contributed by atoms with van der Waals surface area (Å²) in [5.74, 6) is 0. The lowest BCUT2D eigenvalue weighted by atomic mass is 9.82. The van der Waals surface area contributed by atoms with Crippen LogP contribution in [-0.2, 0) is 5.41 Å². The fourth-order valence-corrected chi connectivity index (χ4v) is 10.3. The number of hydrogen-bond acceptors (Lipinski definition) is 2. The largest absolute Gasteiger partial charge is 0.310 e. The van der Waals surface area contributed by atoms with Crippen molar-refractivity contribution in [3.63, 3.8) is 0 Å². The summed E-state index contributed by atoms with van der Waals surface area (Å²) in [7, 11) is 0. The van der Waals surface area contributed by atoms with E-state index in [1.807, 2.05) is 11.3 Å². The molecule has 0 fully saturated rings. The Morgan fingerprint density at radius 2 is 0.814 bits per heavy atom. The molecule has 11 rings (SSSR count). The molecule has 1 aromatic heterocycles. The average Bonchev–Trinajstić information content (AvgIpc) is 3.78. The predicted octanol–water partition coefficient (Wildman–Crippen LogP) is 16.5. The summed E-state index contributed by atoms with van der Waals surface area (Å²) in [6.45, 7) is 4.67. The second-order valence-electron chi connectivity index (χ2n) is 16.2. The van der Waals surface area contributed by atoms with E-state index in [1.54, 1.807) is 0 Å². The van der Waals surface area contributed by atoms with Gasteiger partial charge in [0.25, 0.3) is 0 Å². The lowest BCUT2D eigenvalue weighted by Gasteiger charge is -2.26. The van der Waals surface area contributed by atoms with Crippen LogP contribution in [0, 0.1) is 0 Å². The Hall–Kier alpha value is -7.00. The number of fused-ring (bicyclic) bond motifs is 6. The molecule has 9 aromatic carbocycles. The molecule has 0 N–H and O–H groups in total.